The molecule has 182 valence electrons. The van der Waals surface area contributed by atoms with Crippen LogP contribution in [0.5, 0.6) is 11.5 Å². The molecule has 0 atom stereocenters. The van der Waals surface area contributed by atoms with E-state index < -0.39 is 0 Å². The topological polar surface area (TPSA) is 143 Å². The lowest BCUT2D eigenvalue weighted by atomic mass is 10.1. The quantitative estimate of drug-likeness (QED) is 0.317. The number of methoxy groups -OCH3 is 2. The van der Waals surface area contributed by atoms with Crippen LogP contribution >= 0.6 is 12.2 Å². The van der Waals surface area contributed by atoms with E-state index in [1.807, 2.05) is 12.1 Å². The van der Waals surface area contributed by atoms with Gasteiger partial charge in [0.15, 0.2) is 11.5 Å². The Kier molecular flexibility index (Phi) is 6.17. The molecule has 11 nitrogen and oxygen atoms in total. The smallest absolute Gasteiger partial charge is 0.269 e. The van der Waals surface area contributed by atoms with E-state index in [1.165, 1.54) is 0 Å². The normalized spacial score (nSPS) is 11.1. The molecule has 0 aliphatic heterocycles. The highest BCUT2D eigenvalue weighted by Crippen LogP contribution is 2.33. The van der Waals surface area contributed by atoms with Crippen molar-refractivity contribution in [2.45, 2.75) is 6.54 Å². The van der Waals surface area contributed by atoms with Crippen LogP contribution in [0.4, 0.5) is 5.82 Å². The van der Waals surface area contributed by atoms with Crippen molar-refractivity contribution in [1.82, 2.24) is 30.2 Å². The number of anilines is 1. The number of fused-ring (bicyclic) bond motifs is 2. The Hall–Kier alpha value is -4.58. The predicted molar refractivity (Wildman–Crippen MR) is 135 cm³/mol. The van der Waals surface area contributed by atoms with Gasteiger partial charge in [0.2, 0.25) is 4.77 Å². The van der Waals surface area contributed by atoms with Crippen molar-refractivity contribution in [2.24, 2.45) is 0 Å². The fraction of sp³-hybridized carbons (Fsp3) is 0.167. The maximum atomic E-state index is 12.8. The average molecular weight is 504 g/mol. The Bertz CT molecular complexity index is 1660. The van der Waals surface area contributed by atoms with Gasteiger partial charge in [-0.1, -0.05) is 12.1 Å². The zero-order valence-electron chi connectivity index (χ0n) is 19.4. The first kappa shape index (κ1) is 23.2. The van der Waals surface area contributed by atoms with Crippen LogP contribution < -0.4 is 20.5 Å². The summed E-state index contributed by atoms with van der Waals surface area (Å²) >= 11 is 5.44. The molecule has 5 aromatic rings. The van der Waals surface area contributed by atoms with Gasteiger partial charge in [-0.2, -0.15) is 0 Å². The molecule has 0 unspecified atom stereocenters. The molecule has 0 bridgehead atoms. The van der Waals surface area contributed by atoms with Crippen LogP contribution in [0, 0.1) is 4.77 Å². The van der Waals surface area contributed by atoms with Gasteiger partial charge in [-0.3, -0.25) is 4.79 Å². The first-order chi connectivity index (χ1) is 17.5. The second kappa shape index (κ2) is 9.58. The lowest BCUT2D eigenvalue weighted by Crippen LogP contribution is -2.29. The lowest BCUT2D eigenvalue weighted by Gasteiger charge is -2.15. The summed E-state index contributed by atoms with van der Waals surface area (Å²) in [5.41, 5.74) is 9.94. The Balaban J connectivity index is 1.32. The van der Waals surface area contributed by atoms with E-state index in [4.69, 9.17) is 32.1 Å². The lowest BCUT2D eigenvalue weighted by molar-refractivity contribution is 0.0947. The Labute approximate surface area is 209 Å². The van der Waals surface area contributed by atoms with Crippen molar-refractivity contribution in [3.63, 3.8) is 0 Å². The van der Waals surface area contributed by atoms with E-state index in [0.717, 1.165) is 5.56 Å². The molecule has 1 amide bonds. The molecule has 3 heterocycles. The highest BCUT2D eigenvalue weighted by Gasteiger charge is 2.14. The average Bonchev–Trinajstić information content (AvgIpc) is 3.38. The van der Waals surface area contributed by atoms with Crippen molar-refractivity contribution in [2.75, 3.05) is 26.5 Å². The molecule has 0 radical (unpaired) electrons. The minimum absolute atomic E-state index is 0.264. The molecule has 2 aromatic carbocycles. The van der Waals surface area contributed by atoms with E-state index in [1.54, 1.807) is 55.2 Å². The number of nitrogens with one attached hydrogen (secondary N) is 1. The van der Waals surface area contributed by atoms with Gasteiger partial charge in [0.25, 0.3) is 5.91 Å². The largest absolute Gasteiger partial charge is 0.493 e. The van der Waals surface area contributed by atoms with Crippen LogP contribution in [-0.2, 0) is 6.54 Å². The zero-order valence-corrected chi connectivity index (χ0v) is 20.2. The number of carbonyl (C=O) groups is 1. The molecule has 0 saturated carbocycles. The number of amides is 1. The number of hydrogen-bond donors (Lipinski definition) is 2. The summed E-state index contributed by atoms with van der Waals surface area (Å²) in [6.07, 6.45) is 0. The standard InChI is InChI=1S/C24H21N7O4S/c1-33-20-11-14-18(12-21(20)34-2)28-24(36)31(22(14)25)9-8-26-23(32)17-5-3-4-15(27-17)13-6-7-16-19(10-13)30-35-29-16/h3-7,10-12H,8-9,25H2,1-2H3,(H,26,32). The van der Waals surface area contributed by atoms with E-state index in [2.05, 4.69) is 25.6 Å². The van der Waals surface area contributed by atoms with Gasteiger partial charge in [0.1, 0.15) is 22.5 Å². The molecule has 3 N–H and O–H groups in total. The number of aromatic nitrogens is 5. The molecule has 12 heteroatoms. The van der Waals surface area contributed by atoms with Crippen molar-refractivity contribution < 1.29 is 18.9 Å². The molecule has 0 fully saturated rings. The van der Waals surface area contributed by atoms with Crippen molar-refractivity contribution in [1.29, 1.82) is 0 Å². The number of hydrogen-bond acceptors (Lipinski definition) is 10. The highest BCUT2D eigenvalue weighted by molar-refractivity contribution is 7.71. The summed E-state index contributed by atoms with van der Waals surface area (Å²) in [5.74, 6) is 1.15. The number of rotatable bonds is 7. The van der Waals surface area contributed by atoms with Crippen molar-refractivity contribution in [3.05, 3.63) is 59.0 Å². The van der Waals surface area contributed by atoms with Crippen LogP contribution in [-0.4, -0.2) is 51.5 Å². The number of carbonyl (C=O) groups excluding carboxylic acids is 1. The van der Waals surface area contributed by atoms with E-state index >= 15 is 0 Å². The molecule has 0 saturated heterocycles. The summed E-state index contributed by atoms with van der Waals surface area (Å²) in [4.78, 5) is 21.8. The minimum Gasteiger partial charge on any atom is -0.493 e. The van der Waals surface area contributed by atoms with E-state index in [-0.39, 0.29) is 18.1 Å². The fourth-order valence-electron chi connectivity index (χ4n) is 3.83. The van der Waals surface area contributed by atoms with Gasteiger partial charge in [-0.05, 0) is 52.9 Å². The third kappa shape index (κ3) is 4.29. The first-order valence-corrected chi connectivity index (χ1v) is 11.3. The monoisotopic (exact) mass is 503 g/mol. The summed E-state index contributed by atoms with van der Waals surface area (Å²) in [6.45, 7) is 0.587. The number of nitrogen functional groups attached to an aromatic ring is 1. The van der Waals surface area contributed by atoms with Gasteiger partial charge in [0, 0.05) is 30.1 Å². The third-order valence-corrected chi connectivity index (χ3v) is 5.98. The van der Waals surface area contributed by atoms with Crippen LogP contribution in [0.3, 0.4) is 0 Å². The maximum Gasteiger partial charge on any atom is 0.269 e. The number of benzene rings is 2. The zero-order chi connectivity index (χ0) is 25.2. The minimum atomic E-state index is -0.328. The summed E-state index contributed by atoms with van der Waals surface area (Å²) in [5, 5.41) is 11.2. The molecule has 0 aliphatic rings. The number of nitrogens with two attached hydrogens (primary N) is 1. The number of pyridine rings is 1. The van der Waals surface area contributed by atoms with Gasteiger partial charge >= 0.3 is 0 Å². The van der Waals surface area contributed by atoms with Crippen molar-refractivity contribution >= 4 is 45.9 Å². The first-order valence-electron chi connectivity index (χ1n) is 10.9. The molecule has 0 spiro atoms. The van der Waals surface area contributed by atoms with Gasteiger partial charge < -0.3 is 25.1 Å². The number of nitrogens with zero attached hydrogens (tertiary/aromatic N) is 5. The van der Waals surface area contributed by atoms with Crippen molar-refractivity contribution in [3.8, 4) is 22.8 Å². The van der Waals surface area contributed by atoms with E-state index in [0.29, 0.717) is 56.3 Å². The van der Waals surface area contributed by atoms with Crippen LogP contribution in [0.15, 0.2) is 53.2 Å². The molecular formula is C24H21N7O4S. The van der Waals surface area contributed by atoms with Gasteiger partial charge in [0.05, 0.1) is 25.4 Å². The molecule has 36 heavy (non-hydrogen) atoms. The second-order valence-electron chi connectivity index (χ2n) is 7.79. The summed E-state index contributed by atoms with van der Waals surface area (Å²) in [7, 11) is 3.09. The van der Waals surface area contributed by atoms with Gasteiger partial charge in [-0.25, -0.2) is 14.6 Å². The molecule has 5 rings (SSSR count). The number of ether oxygens (including phenoxy) is 2. The predicted octanol–water partition coefficient (Wildman–Crippen LogP) is 3.39. The Morgan fingerprint density at radius 1 is 1.03 bits per heavy atom. The van der Waals surface area contributed by atoms with E-state index in [9.17, 15) is 4.79 Å². The van der Waals surface area contributed by atoms with Crippen LogP contribution in [0.25, 0.3) is 33.2 Å². The van der Waals surface area contributed by atoms with Gasteiger partial charge in [-0.15, -0.1) is 0 Å². The SMILES string of the molecule is COc1cc2nc(=S)n(CCNC(=O)c3cccc(-c4ccc5nonc5c4)n3)c(N)c2cc1OC. The Morgan fingerprint density at radius 3 is 2.61 bits per heavy atom. The maximum absolute atomic E-state index is 12.8. The molecule has 3 aromatic heterocycles. The summed E-state index contributed by atoms with van der Waals surface area (Å²) < 4.78 is 17.4. The third-order valence-electron chi connectivity index (χ3n) is 5.67. The second-order valence-corrected chi connectivity index (χ2v) is 8.15. The van der Waals surface area contributed by atoms with Crippen LogP contribution in [0.2, 0.25) is 0 Å². The highest BCUT2D eigenvalue weighted by atomic mass is 32.1. The Morgan fingerprint density at radius 2 is 1.81 bits per heavy atom. The molecule has 0 aliphatic carbocycles. The summed E-state index contributed by atoms with van der Waals surface area (Å²) in [6, 6.07) is 14.1. The molecular weight excluding hydrogens is 482 g/mol. The fourth-order valence-corrected chi connectivity index (χ4v) is 4.12. The van der Waals surface area contributed by atoms with Crippen LogP contribution in [0.1, 0.15) is 10.5 Å².